The molecule has 1 aromatic rings. The van der Waals surface area contributed by atoms with Crippen LogP contribution in [0.15, 0.2) is 24.3 Å². The summed E-state index contributed by atoms with van der Waals surface area (Å²) in [6.45, 7) is 2.46. The Morgan fingerprint density at radius 3 is 2.28 bits per heavy atom. The number of hydrogen-bond donors (Lipinski definition) is 0. The highest BCUT2D eigenvalue weighted by Crippen LogP contribution is 2.23. The second-order valence-corrected chi connectivity index (χ2v) is 6.56. The molecule has 1 aromatic carbocycles. The van der Waals surface area contributed by atoms with Crippen molar-refractivity contribution in [3.8, 4) is 0 Å². The second kappa shape index (κ2) is 10.2. The van der Waals surface area contributed by atoms with Gasteiger partial charge in [-0.3, -0.25) is 9.59 Å². The molecule has 0 saturated heterocycles. The molecule has 1 fully saturated rings. The van der Waals surface area contributed by atoms with Crippen molar-refractivity contribution in [2.75, 3.05) is 13.2 Å². The number of carbonyl (C=O) groups is 2. The molecular weight excluding hydrogens is 321 g/mol. The zero-order chi connectivity index (χ0) is 18.1. The first kappa shape index (κ1) is 19.4. The maximum atomic E-state index is 13.2. The largest absolute Gasteiger partial charge is 0.466 e. The highest BCUT2D eigenvalue weighted by atomic mass is 19.1. The first-order valence-corrected chi connectivity index (χ1v) is 9.34. The Bertz CT molecular complexity index is 551. The minimum Gasteiger partial charge on any atom is -0.466 e. The fourth-order valence-electron chi connectivity index (χ4n) is 3.40. The molecule has 2 rings (SSSR count). The molecule has 1 amide bonds. The molecule has 0 radical (unpaired) electrons. The first-order valence-electron chi connectivity index (χ1n) is 9.34. The topological polar surface area (TPSA) is 46.6 Å². The van der Waals surface area contributed by atoms with Crippen molar-refractivity contribution >= 4 is 11.9 Å². The maximum absolute atomic E-state index is 13.2. The molecule has 0 aromatic heterocycles. The fraction of sp³-hybridized carbons (Fsp3) is 0.600. The summed E-state index contributed by atoms with van der Waals surface area (Å²) in [6.07, 6.45) is 7.92. The van der Waals surface area contributed by atoms with E-state index in [0.717, 1.165) is 25.7 Å². The number of benzene rings is 1. The zero-order valence-electron chi connectivity index (χ0n) is 15.0. The van der Waals surface area contributed by atoms with Crippen LogP contribution in [0.1, 0.15) is 68.6 Å². The molecule has 4 nitrogen and oxygen atoms in total. The molecule has 1 saturated carbocycles. The Morgan fingerprint density at radius 2 is 1.68 bits per heavy atom. The van der Waals surface area contributed by atoms with Gasteiger partial charge in [-0.25, -0.2) is 4.39 Å². The lowest BCUT2D eigenvalue weighted by molar-refractivity contribution is -0.143. The zero-order valence-corrected chi connectivity index (χ0v) is 15.0. The predicted molar refractivity (Wildman–Crippen MR) is 94.8 cm³/mol. The summed E-state index contributed by atoms with van der Waals surface area (Å²) in [5.74, 6) is -0.777. The van der Waals surface area contributed by atoms with E-state index in [-0.39, 0.29) is 30.2 Å². The van der Waals surface area contributed by atoms with E-state index < -0.39 is 0 Å². The number of carbonyl (C=O) groups excluding carboxylic acids is 2. The minimum absolute atomic E-state index is 0.130. The van der Waals surface area contributed by atoms with Gasteiger partial charge in [-0.2, -0.15) is 0 Å². The number of nitrogens with zero attached hydrogens (tertiary/aromatic N) is 1. The van der Waals surface area contributed by atoms with Gasteiger partial charge in [0.1, 0.15) is 5.82 Å². The van der Waals surface area contributed by atoms with E-state index >= 15 is 0 Å². The Morgan fingerprint density at radius 1 is 1.08 bits per heavy atom. The van der Waals surface area contributed by atoms with Crippen LogP contribution in [-0.4, -0.2) is 36.0 Å². The van der Waals surface area contributed by atoms with Crippen LogP contribution in [0.5, 0.6) is 0 Å². The molecule has 0 heterocycles. The van der Waals surface area contributed by atoms with E-state index in [2.05, 4.69) is 0 Å². The average Bonchev–Trinajstić information content (AvgIpc) is 2.57. The predicted octanol–water partition coefficient (Wildman–Crippen LogP) is 4.33. The Kier molecular flexibility index (Phi) is 7.89. The average molecular weight is 349 g/mol. The van der Waals surface area contributed by atoms with Gasteiger partial charge in [-0.15, -0.1) is 0 Å². The van der Waals surface area contributed by atoms with Crippen molar-refractivity contribution in [3.63, 3.8) is 0 Å². The Hall–Kier alpha value is -1.91. The number of rotatable bonds is 6. The summed E-state index contributed by atoms with van der Waals surface area (Å²) >= 11 is 0. The van der Waals surface area contributed by atoms with E-state index in [1.54, 1.807) is 11.8 Å². The van der Waals surface area contributed by atoms with Gasteiger partial charge in [0.25, 0.3) is 5.91 Å². The molecule has 5 heteroatoms. The van der Waals surface area contributed by atoms with Crippen LogP contribution in [-0.2, 0) is 9.53 Å². The number of halogens is 1. The van der Waals surface area contributed by atoms with Crippen LogP contribution in [0.3, 0.4) is 0 Å². The molecule has 1 aliphatic rings. The van der Waals surface area contributed by atoms with Gasteiger partial charge in [-0.05, 0) is 44.0 Å². The summed E-state index contributed by atoms with van der Waals surface area (Å²) in [5, 5.41) is 0. The molecular formula is C20H28FNO3. The number of hydrogen-bond acceptors (Lipinski definition) is 3. The molecule has 0 unspecified atom stereocenters. The minimum atomic E-state index is -0.361. The summed E-state index contributed by atoms with van der Waals surface area (Å²) < 4.78 is 18.2. The van der Waals surface area contributed by atoms with Crippen LogP contribution in [0.25, 0.3) is 0 Å². The number of esters is 1. The van der Waals surface area contributed by atoms with Crippen molar-refractivity contribution < 1.29 is 18.7 Å². The van der Waals surface area contributed by atoms with Gasteiger partial charge in [-0.1, -0.05) is 32.1 Å². The summed E-state index contributed by atoms with van der Waals surface area (Å²) in [7, 11) is 0. The van der Waals surface area contributed by atoms with Gasteiger partial charge >= 0.3 is 5.97 Å². The van der Waals surface area contributed by atoms with Crippen LogP contribution in [0.2, 0.25) is 0 Å². The molecule has 25 heavy (non-hydrogen) atoms. The third-order valence-electron chi connectivity index (χ3n) is 4.73. The van der Waals surface area contributed by atoms with E-state index in [1.165, 1.54) is 43.5 Å². The van der Waals surface area contributed by atoms with Gasteiger partial charge < -0.3 is 9.64 Å². The van der Waals surface area contributed by atoms with Crippen LogP contribution >= 0.6 is 0 Å². The quantitative estimate of drug-likeness (QED) is 0.718. The van der Waals surface area contributed by atoms with E-state index in [0.29, 0.717) is 18.7 Å². The third-order valence-corrected chi connectivity index (χ3v) is 4.73. The summed E-state index contributed by atoms with van der Waals surface area (Å²) in [4.78, 5) is 26.5. The lowest BCUT2D eigenvalue weighted by atomic mass is 9.95. The van der Waals surface area contributed by atoms with E-state index in [4.69, 9.17) is 4.74 Å². The highest BCUT2D eigenvalue weighted by Gasteiger charge is 2.25. The first-order chi connectivity index (χ1) is 12.1. The fourth-order valence-corrected chi connectivity index (χ4v) is 3.40. The maximum Gasteiger partial charge on any atom is 0.307 e. The molecule has 0 spiro atoms. The standard InChI is InChI=1S/C20H28FNO3/c1-2-25-19(23)14-15-22(18-8-6-4-3-5-7-9-18)20(24)16-10-12-17(21)13-11-16/h10-13,18H,2-9,14-15H2,1H3. The molecule has 0 N–H and O–H groups in total. The Balaban J connectivity index is 2.12. The molecule has 1 aliphatic carbocycles. The van der Waals surface area contributed by atoms with Crippen LogP contribution < -0.4 is 0 Å². The van der Waals surface area contributed by atoms with Gasteiger partial charge in [0.05, 0.1) is 13.0 Å². The van der Waals surface area contributed by atoms with Crippen molar-refractivity contribution in [1.82, 2.24) is 4.90 Å². The smallest absolute Gasteiger partial charge is 0.307 e. The second-order valence-electron chi connectivity index (χ2n) is 6.56. The van der Waals surface area contributed by atoms with Gasteiger partial charge in [0.15, 0.2) is 0 Å². The van der Waals surface area contributed by atoms with E-state index in [1.807, 2.05) is 0 Å². The van der Waals surface area contributed by atoms with Crippen LogP contribution in [0.4, 0.5) is 4.39 Å². The molecule has 138 valence electrons. The van der Waals surface area contributed by atoms with Gasteiger partial charge in [0, 0.05) is 18.2 Å². The molecule has 0 aliphatic heterocycles. The number of ether oxygens (including phenoxy) is 1. The SMILES string of the molecule is CCOC(=O)CCN(C(=O)c1ccc(F)cc1)C1CCCCCCC1. The van der Waals surface area contributed by atoms with Crippen molar-refractivity contribution in [2.45, 2.75) is 64.3 Å². The lowest BCUT2D eigenvalue weighted by Crippen LogP contribution is -2.42. The summed E-state index contributed by atoms with van der Waals surface area (Å²) in [5.41, 5.74) is 0.465. The number of amides is 1. The van der Waals surface area contributed by atoms with Crippen molar-refractivity contribution in [2.24, 2.45) is 0 Å². The third kappa shape index (κ3) is 6.15. The normalized spacial score (nSPS) is 15.9. The monoisotopic (exact) mass is 349 g/mol. The summed E-state index contributed by atoms with van der Waals surface area (Å²) in [6, 6.07) is 5.76. The molecule has 0 atom stereocenters. The van der Waals surface area contributed by atoms with Gasteiger partial charge in [0.2, 0.25) is 0 Å². The van der Waals surface area contributed by atoms with Crippen molar-refractivity contribution in [1.29, 1.82) is 0 Å². The van der Waals surface area contributed by atoms with Crippen LogP contribution in [0, 0.1) is 5.82 Å². The Labute approximate surface area is 149 Å². The van der Waals surface area contributed by atoms with Crippen molar-refractivity contribution in [3.05, 3.63) is 35.6 Å². The molecule has 0 bridgehead atoms. The lowest BCUT2D eigenvalue weighted by Gasteiger charge is -2.33. The highest BCUT2D eigenvalue weighted by molar-refractivity contribution is 5.94. The van der Waals surface area contributed by atoms with E-state index in [9.17, 15) is 14.0 Å².